The fourth-order valence-electron chi connectivity index (χ4n) is 12.6. The first-order chi connectivity index (χ1) is 52.7. The normalized spacial score (nSPS) is 21.3. The van der Waals surface area contributed by atoms with Gasteiger partial charge in [-0.25, -0.2) is 38.4 Å². The summed E-state index contributed by atoms with van der Waals surface area (Å²) in [5.74, 6) is -52.8. The van der Waals surface area contributed by atoms with E-state index >= 15 is 4.79 Å². The van der Waals surface area contributed by atoms with Crippen LogP contribution in [0.2, 0.25) is 0 Å². The molecule has 0 unspecified atom stereocenters. The van der Waals surface area contributed by atoms with Gasteiger partial charge in [-0.3, -0.25) is 0 Å². The monoisotopic (exact) mass is 1570 g/mol. The number of fused-ring (bicyclic) bond motifs is 13. The molecule has 25 N–H and O–H groups in total. The Labute approximate surface area is 614 Å². The highest BCUT2D eigenvalue weighted by atomic mass is 16.7. The van der Waals surface area contributed by atoms with E-state index < -0.39 is 344 Å². The number of carbonyl (C=O) groups is 8. The second-order valence-corrected chi connectivity index (χ2v) is 24.6. The third kappa shape index (κ3) is 12.0. The van der Waals surface area contributed by atoms with Crippen molar-refractivity contribution >= 4 is 47.8 Å². The Bertz CT molecular complexity index is 5480. The largest absolute Gasteiger partial charge is 0.504 e. The first-order valence-electron chi connectivity index (χ1n) is 31.2. The molecular formula is C68H48O44. The Hall–Kier alpha value is -15.4. The number of phenols is 23. The predicted molar refractivity (Wildman–Crippen MR) is 344 cm³/mol. The van der Waals surface area contributed by atoms with Gasteiger partial charge in [-0.1, -0.05) is 0 Å². The summed E-state index contributed by atoms with van der Waals surface area (Å²) in [7, 11) is 0. The summed E-state index contributed by atoms with van der Waals surface area (Å²) in [6.07, 6.45) is -26.0. The summed E-state index contributed by atoms with van der Waals surface area (Å²) < 4.78 is 61.1. The van der Waals surface area contributed by atoms with Gasteiger partial charge in [0.15, 0.2) is 147 Å². The molecule has 2 fully saturated rings. The molecule has 5 aliphatic rings. The number of aromatic hydroxyl groups is 23. The SMILES string of the molecule is O=C(O[C@@H]1[C@@H](OC(=O)c2cc(O)c(O)c(O)c2Oc2c(O)cc3c(c2O)-c2c(cc(O)c(O)c2O)C(=O)O[C@H]2[C@@H]4OC(=O)c5cc(O)c(O)c(O)c5-c5c(cc(O)c(O)c5O)C(=O)O[C@H]4[C@H](O)O[C@@H]2COC3=O)[C@@H](O)O[C@@H]2COC(=O)c3cc(O)c(O)c(O)c3-c3c(cc(O)c(O)c3O)C(=O)O[C@@H]12)c1cc(O)c(O)c(O)c1. The number of hydrogen-bond acceptors (Lipinski definition) is 44. The molecule has 5 heterocycles. The van der Waals surface area contributed by atoms with Gasteiger partial charge in [-0.15, -0.1) is 0 Å². The van der Waals surface area contributed by atoms with Crippen molar-refractivity contribution in [1.29, 1.82) is 0 Å². The number of esters is 8. The number of rotatable bonds is 6. The Morgan fingerprint density at radius 2 is 0.607 bits per heavy atom. The highest BCUT2D eigenvalue weighted by Crippen LogP contribution is 2.59. The van der Waals surface area contributed by atoms with Gasteiger partial charge >= 0.3 is 47.8 Å². The molecular weight excluding hydrogens is 1520 g/mol. The zero-order chi connectivity index (χ0) is 81.5. The lowest BCUT2D eigenvalue weighted by Gasteiger charge is -2.43. The van der Waals surface area contributed by atoms with Crippen molar-refractivity contribution in [3.63, 3.8) is 0 Å². The van der Waals surface area contributed by atoms with Crippen LogP contribution in [0.25, 0.3) is 33.4 Å². The summed E-state index contributed by atoms with van der Waals surface area (Å²) in [5.41, 5.74) is -17.1. The summed E-state index contributed by atoms with van der Waals surface area (Å²) >= 11 is 0. The zero-order valence-electron chi connectivity index (χ0n) is 54.8. The smallest absolute Gasteiger partial charge is 0.342 e. The lowest BCUT2D eigenvalue weighted by Crippen LogP contribution is -2.62. The van der Waals surface area contributed by atoms with Gasteiger partial charge in [-0.05, 0) is 48.5 Å². The summed E-state index contributed by atoms with van der Waals surface area (Å²) in [5, 5.41) is 276. The molecule has 8 aromatic carbocycles. The van der Waals surface area contributed by atoms with Crippen LogP contribution in [0.15, 0.2) is 54.6 Å². The van der Waals surface area contributed by atoms with E-state index in [4.69, 9.17) is 52.1 Å². The van der Waals surface area contributed by atoms with Crippen molar-refractivity contribution in [2.45, 2.75) is 61.4 Å². The topological polar surface area (TPSA) is 744 Å². The van der Waals surface area contributed by atoms with Crippen LogP contribution in [-0.4, -0.2) is 250 Å². The van der Waals surface area contributed by atoms with Gasteiger partial charge in [0.25, 0.3) is 0 Å². The van der Waals surface area contributed by atoms with Gasteiger partial charge in [-0.2, -0.15) is 0 Å². The van der Waals surface area contributed by atoms with Gasteiger partial charge in [0.1, 0.15) is 31.0 Å². The maximum absolute atomic E-state index is 15.0. The quantitative estimate of drug-likeness (QED) is 0.0640. The van der Waals surface area contributed by atoms with Crippen LogP contribution in [0, 0.1) is 0 Å². The minimum atomic E-state index is -2.89. The maximum Gasteiger partial charge on any atom is 0.342 e. The van der Waals surface area contributed by atoms with E-state index in [2.05, 4.69) is 0 Å². The number of ether oxygens (including phenoxy) is 11. The average molecular weight is 1570 g/mol. The van der Waals surface area contributed by atoms with Crippen molar-refractivity contribution in [2.75, 3.05) is 13.2 Å². The third-order valence-electron chi connectivity index (χ3n) is 17.9. The van der Waals surface area contributed by atoms with Crippen LogP contribution in [0.3, 0.4) is 0 Å². The minimum Gasteiger partial charge on any atom is -0.504 e. The van der Waals surface area contributed by atoms with Crippen LogP contribution in [-0.2, 0) is 47.4 Å². The molecule has 8 aromatic rings. The molecule has 0 saturated carbocycles. The molecule has 2 saturated heterocycles. The van der Waals surface area contributed by atoms with E-state index in [9.17, 15) is 161 Å². The Kier molecular flexibility index (Phi) is 18.1. The molecule has 0 radical (unpaired) electrons. The van der Waals surface area contributed by atoms with Crippen LogP contribution in [0.5, 0.6) is 144 Å². The van der Waals surface area contributed by atoms with E-state index in [0.717, 1.165) is 0 Å². The molecule has 13 rings (SSSR count). The van der Waals surface area contributed by atoms with Crippen molar-refractivity contribution < 1.29 is 218 Å². The van der Waals surface area contributed by atoms with Crippen molar-refractivity contribution in [2.24, 2.45) is 0 Å². The third-order valence-corrected chi connectivity index (χ3v) is 17.9. The number of benzene rings is 8. The van der Waals surface area contributed by atoms with E-state index in [-0.39, 0.29) is 18.2 Å². The first-order valence-corrected chi connectivity index (χ1v) is 31.2. The van der Waals surface area contributed by atoms with Crippen molar-refractivity contribution in [1.82, 2.24) is 0 Å². The Morgan fingerprint density at radius 3 is 1.03 bits per heavy atom. The van der Waals surface area contributed by atoms with Crippen LogP contribution >= 0.6 is 0 Å². The molecule has 112 heavy (non-hydrogen) atoms. The van der Waals surface area contributed by atoms with Gasteiger partial charge in [0.2, 0.25) is 46.0 Å². The molecule has 584 valence electrons. The number of phenolic OH excluding ortho intramolecular Hbond substituents is 23. The molecule has 0 aromatic heterocycles. The molecule has 44 heteroatoms. The second kappa shape index (κ2) is 27.1. The minimum absolute atomic E-state index is 0.140. The number of carbonyl (C=O) groups excluding carboxylic acids is 8. The molecule has 0 amide bonds. The lowest BCUT2D eigenvalue weighted by atomic mass is 9.91. The molecule has 5 aliphatic heterocycles. The summed E-state index contributed by atoms with van der Waals surface area (Å²) in [6.45, 7) is -2.78. The molecule has 44 nitrogen and oxygen atoms in total. The average Bonchev–Trinajstić information content (AvgIpc) is 1.09. The van der Waals surface area contributed by atoms with Crippen LogP contribution < -0.4 is 4.74 Å². The standard InChI is InChI=1S/C68H48O44/c69-20-1-12(2-21(70)37(20)78)59(92)109-55-53-29(10-102-60(93)13-3-22(71)38(79)44(85)31(13)32-15(62(95)107-53)4-23(72)39(80)45(32)86)104-67(100)57(55)112-66(99)19-9-27(76)43(84)50(91)51(19)106-52-28(77)8-14-36(49(52)90)35-18(7-26(75)42(83)48(35)89)63(96)108-54-30(11-103-61(14)94)105-68(101)58-56(54)110-64(97)16-5-24(73)40(81)46(87)33(16)34-17(65(98)111-58)6-25(74)41(82)47(34)88/h1-9,29-30,53-58,67-91,100-101H,10-11H2/t29-,30-,53-,54-,55+,56+,57-,58-,67+,68-/m1/s1. The molecule has 0 bridgehead atoms. The van der Waals surface area contributed by atoms with E-state index in [1.807, 2.05) is 0 Å². The van der Waals surface area contributed by atoms with E-state index in [1.165, 1.54) is 0 Å². The van der Waals surface area contributed by atoms with Crippen molar-refractivity contribution in [3.8, 4) is 177 Å². The van der Waals surface area contributed by atoms with Gasteiger partial charge in [0.05, 0.1) is 38.9 Å². The second-order valence-electron chi connectivity index (χ2n) is 24.6. The highest BCUT2D eigenvalue weighted by Gasteiger charge is 2.57. The van der Waals surface area contributed by atoms with Gasteiger partial charge in [0, 0.05) is 39.4 Å². The number of hydrogen-bond donors (Lipinski definition) is 25. The number of aliphatic hydroxyl groups is 2. The maximum atomic E-state index is 15.0. The van der Waals surface area contributed by atoms with Crippen LogP contribution in [0.1, 0.15) is 82.9 Å². The summed E-state index contributed by atoms with van der Waals surface area (Å²) in [4.78, 5) is 116. The van der Waals surface area contributed by atoms with Crippen LogP contribution in [0.4, 0.5) is 0 Å². The highest BCUT2D eigenvalue weighted by molar-refractivity contribution is 6.12. The predicted octanol–water partition coefficient (Wildman–Crippen LogP) is 1.75. The van der Waals surface area contributed by atoms with E-state index in [1.54, 1.807) is 0 Å². The van der Waals surface area contributed by atoms with Gasteiger partial charge < -0.3 is 180 Å². The van der Waals surface area contributed by atoms with E-state index in [0.29, 0.717) is 36.4 Å². The fourth-order valence-corrected chi connectivity index (χ4v) is 12.6. The Balaban J connectivity index is 0.901. The molecule has 0 spiro atoms. The fraction of sp³-hybridized carbons (Fsp3) is 0.176. The summed E-state index contributed by atoms with van der Waals surface area (Å²) in [6, 6.07) is 2.94. The lowest BCUT2D eigenvalue weighted by molar-refractivity contribution is -0.284. The zero-order valence-corrected chi connectivity index (χ0v) is 54.8. The Morgan fingerprint density at radius 1 is 0.295 bits per heavy atom. The molecule has 0 aliphatic carbocycles. The first kappa shape index (κ1) is 74.8. The molecule has 10 atom stereocenters. The van der Waals surface area contributed by atoms with Crippen molar-refractivity contribution in [3.05, 3.63) is 99.1 Å². The number of aliphatic hydroxyl groups excluding tert-OH is 2. The number of cyclic esters (lactones) is 2.